The molecule has 1 aromatic carbocycles. The molecule has 3 nitrogen and oxygen atoms in total. The SMILES string of the molecule is CSc1ccc(C(=O)Oc2cccc(Br)c2)cn1. The highest BCUT2D eigenvalue weighted by Crippen LogP contribution is 2.19. The van der Waals surface area contributed by atoms with Crippen molar-refractivity contribution in [3.8, 4) is 5.75 Å². The van der Waals surface area contributed by atoms with E-state index in [9.17, 15) is 4.79 Å². The van der Waals surface area contributed by atoms with Crippen LogP contribution in [0, 0.1) is 0 Å². The Morgan fingerprint density at radius 1 is 1.33 bits per heavy atom. The van der Waals surface area contributed by atoms with E-state index >= 15 is 0 Å². The number of thioether (sulfide) groups is 1. The Bertz CT molecular complexity index is 557. The van der Waals surface area contributed by atoms with E-state index in [1.54, 1.807) is 24.3 Å². The largest absolute Gasteiger partial charge is 0.423 e. The molecule has 0 saturated heterocycles. The van der Waals surface area contributed by atoms with Crippen LogP contribution in [0.5, 0.6) is 5.75 Å². The van der Waals surface area contributed by atoms with Crippen LogP contribution in [0.4, 0.5) is 0 Å². The van der Waals surface area contributed by atoms with Crippen LogP contribution in [-0.4, -0.2) is 17.2 Å². The number of halogens is 1. The molecule has 0 N–H and O–H groups in total. The molecule has 0 aliphatic rings. The number of aromatic nitrogens is 1. The number of hydrogen-bond donors (Lipinski definition) is 0. The number of esters is 1. The van der Waals surface area contributed by atoms with E-state index in [0.29, 0.717) is 11.3 Å². The number of rotatable bonds is 3. The van der Waals surface area contributed by atoms with E-state index in [1.165, 1.54) is 18.0 Å². The average Bonchev–Trinajstić information content (AvgIpc) is 2.39. The van der Waals surface area contributed by atoms with Crippen molar-refractivity contribution >= 4 is 33.7 Å². The van der Waals surface area contributed by atoms with Gasteiger partial charge in [0.2, 0.25) is 0 Å². The maximum Gasteiger partial charge on any atom is 0.345 e. The lowest BCUT2D eigenvalue weighted by Gasteiger charge is -2.04. The minimum Gasteiger partial charge on any atom is -0.423 e. The Labute approximate surface area is 118 Å². The van der Waals surface area contributed by atoms with Crippen molar-refractivity contribution in [1.29, 1.82) is 0 Å². The second-order valence-corrected chi connectivity index (χ2v) is 5.18. The molecule has 0 fully saturated rings. The first-order valence-electron chi connectivity index (χ1n) is 5.17. The molecule has 0 atom stereocenters. The molecule has 0 aliphatic carbocycles. The zero-order chi connectivity index (χ0) is 13.0. The molecule has 92 valence electrons. The fourth-order valence-electron chi connectivity index (χ4n) is 1.32. The van der Waals surface area contributed by atoms with E-state index in [0.717, 1.165) is 9.50 Å². The molecular formula is C13H10BrNO2S. The van der Waals surface area contributed by atoms with Crippen molar-refractivity contribution in [3.63, 3.8) is 0 Å². The average molecular weight is 324 g/mol. The van der Waals surface area contributed by atoms with Crippen LogP contribution in [0.3, 0.4) is 0 Å². The van der Waals surface area contributed by atoms with Gasteiger partial charge < -0.3 is 4.74 Å². The van der Waals surface area contributed by atoms with Crippen LogP contribution >= 0.6 is 27.7 Å². The third-order valence-electron chi connectivity index (χ3n) is 2.19. The number of nitrogens with zero attached hydrogens (tertiary/aromatic N) is 1. The smallest absolute Gasteiger partial charge is 0.345 e. The van der Waals surface area contributed by atoms with Crippen molar-refractivity contribution < 1.29 is 9.53 Å². The number of ether oxygens (including phenoxy) is 1. The Balaban J connectivity index is 2.11. The van der Waals surface area contributed by atoms with Crippen molar-refractivity contribution in [2.75, 3.05) is 6.26 Å². The molecule has 0 spiro atoms. The fourth-order valence-corrected chi connectivity index (χ4v) is 2.06. The summed E-state index contributed by atoms with van der Waals surface area (Å²) in [6.45, 7) is 0. The molecular weight excluding hydrogens is 314 g/mol. The van der Waals surface area contributed by atoms with Crippen molar-refractivity contribution in [1.82, 2.24) is 4.98 Å². The monoisotopic (exact) mass is 323 g/mol. The van der Waals surface area contributed by atoms with Gasteiger partial charge in [0.15, 0.2) is 0 Å². The number of hydrogen-bond acceptors (Lipinski definition) is 4. The molecule has 18 heavy (non-hydrogen) atoms. The maximum absolute atomic E-state index is 11.8. The molecule has 1 heterocycles. The molecule has 0 radical (unpaired) electrons. The number of pyridine rings is 1. The summed E-state index contributed by atoms with van der Waals surface area (Å²) in [7, 11) is 0. The summed E-state index contributed by atoms with van der Waals surface area (Å²) in [6, 6.07) is 10.6. The second kappa shape index (κ2) is 6.02. The van der Waals surface area contributed by atoms with E-state index in [4.69, 9.17) is 4.74 Å². The number of carbonyl (C=O) groups excluding carboxylic acids is 1. The van der Waals surface area contributed by atoms with Gasteiger partial charge in [-0.3, -0.25) is 0 Å². The Hall–Kier alpha value is -1.33. The highest BCUT2D eigenvalue weighted by Gasteiger charge is 2.09. The van der Waals surface area contributed by atoms with Crippen molar-refractivity contribution in [2.45, 2.75) is 5.03 Å². The van der Waals surface area contributed by atoms with Crippen LogP contribution in [-0.2, 0) is 0 Å². The molecule has 2 rings (SSSR count). The topological polar surface area (TPSA) is 39.2 Å². The molecule has 1 aromatic heterocycles. The van der Waals surface area contributed by atoms with Crippen molar-refractivity contribution in [3.05, 3.63) is 52.6 Å². The minimum atomic E-state index is -0.409. The van der Waals surface area contributed by atoms with E-state index in [-0.39, 0.29) is 0 Å². The predicted molar refractivity (Wildman–Crippen MR) is 75.1 cm³/mol. The van der Waals surface area contributed by atoms with Crippen LogP contribution in [0.1, 0.15) is 10.4 Å². The lowest BCUT2D eigenvalue weighted by atomic mass is 10.3. The third-order valence-corrected chi connectivity index (χ3v) is 3.34. The van der Waals surface area contributed by atoms with Gasteiger partial charge in [0.05, 0.1) is 10.6 Å². The third kappa shape index (κ3) is 3.34. The molecule has 0 aliphatic heterocycles. The molecule has 0 unspecified atom stereocenters. The lowest BCUT2D eigenvalue weighted by molar-refractivity contribution is 0.0734. The zero-order valence-corrected chi connectivity index (χ0v) is 12.0. The summed E-state index contributed by atoms with van der Waals surface area (Å²) >= 11 is 4.85. The highest BCUT2D eigenvalue weighted by atomic mass is 79.9. The molecule has 2 aromatic rings. The predicted octanol–water partition coefficient (Wildman–Crippen LogP) is 3.79. The van der Waals surface area contributed by atoms with Gasteiger partial charge >= 0.3 is 5.97 Å². The first-order valence-corrected chi connectivity index (χ1v) is 7.18. The fraction of sp³-hybridized carbons (Fsp3) is 0.0769. The number of carbonyl (C=O) groups is 1. The minimum absolute atomic E-state index is 0.409. The zero-order valence-electron chi connectivity index (χ0n) is 9.59. The molecule has 5 heteroatoms. The van der Waals surface area contributed by atoms with E-state index in [1.807, 2.05) is 18.4 Å². The Morgan fingerprint density at radius 2 is 2.17 bits per heavy atom. The quantitative estimate of drug-likeness (QED) is 0.489. The molecule has 0 bridgehead atoms. The van der Waals surface area contributed by atoms with E-state index < -0.39 is 5.97 Å². The maximum atomic E-state index is 11.8. The van der Waals surface area contributed by atoms with Crippen LogP contribution in [0.25, 0.3) is 0 Å². The summed E-state index contributed by atoms with van der Waals surface area (Å²) in [4.78, 5) is 16.0. The van der Waals surface area contributed by atoms with E-state index in [2.05, 4.69) is 20.9 Å². The summed E-state index contributed by atoms with van der Waals surface area (Å²) in [6.07, 6.45) is 3.45. The first-order chi connectivity index (χ1) is 8.69. The van der Waals surface area contributed by atoms with Gasteiger partial charge in [-0.25, -0.2) is 9.78 Å². The summed E-state index contributed by atoms with van der Waals surface area (Å²) in [5.41, 5.74) is 0.438. The summed E-state index contributed by atoms with van der Waals surface area (Å²) < 4.78 is 6.10. The van der Waals surface area contributed by atoms with Gasteiger partial charge in [0.1, 0.15) is 5.75 Å². The van der Waals surface area contributed by atoms with Crippen molar-refractivity contribution in [2.24, 2.45) is 0 Å². The van der Waals surface area contributed by atoms with Gasteiger partial charge in [0, 0.05) is 10.7 Å². The molecule has 0 amide bonds. The Kier molecular flexibility index (Phi) is 4.38. The van der Waals surface area contributed by atoms with Gasteiger partial charge in [-0.2, -0.15) is 0 Å². The highest BCUT2D eigenvalue weighted by molar-refractivity contribution is 9.10. The van der Waals surface area contributed by atoms with Gasteiger partial charge in [-0.05, 0) is 36.6 Å². The summed E-state index contributed by atoms with van der Waals surface area (Å²) in [5, 5.41) is 0.869. The summed E-state index contributed by atoms with van der Waals surface area (Å²) in [5.74, 6) is 0.0940. The van der Waals surface area contributed by atoms with Gasteiger partial charge in [-0.1, -0.05) is 22.0 Å². The molecule has 0 saturated carbocycles. The number of benzene rings is 1. The Morgan fingerprint density at radius 3 is 2.78 bits per heavy atom. The van der Waals surface area contributed by atoms with Crippen LogP contribution < -0.4 is 4.74 Å². The normalized spacial score (nSPS) is 10.1. The van der Waals surface area contributed by atoms with Gasteiger partial charge in [-0.15, -0.1) is 11.8 Å². The second-order valence-electron chi connectivity index (χ2n) is 3.44. The van der Waals surface area contributed by atoms with Crippen LogP contribution in [0.2, 0.25) is 0 Å². The first kappa shape index (κ1) is 13.1. The lowest BCUT2D eigenvalue weighted by Crippen LogP contribution is -2.08. The van der Waals surface area contributed by atoms with Crippen LogP contribution in [0.15, 0.2) is 52.1 Å². The van der Waals surface area contributed by atoms with Gasteiger partial charge in [0.25, 0.3) is 0 Å². The standard InChI is InChI=1S/C13H10BrNO2S/c1-18-12-6-5-9(8-15-12)13(16)17-11-4-2-3-10(14)7-11/h2-8H,1H3.